The van der Waals surface area contributed by atoms with E-state index in [-0.39, 0.29) is 5.91 Å². The van der Waals surface area contributed by atoms with Crippen molar-refractivity contribution < 1.29 is 14.7 Å². The molecule has 3 N–H and O–H groups in total. The van der Waals surface area contributed by atoms with Crippen LogP contribution in [-0.4, -0.2) is 71.7 Å². The summed E-state index contributed by atoms with van der Waals surface area (Å²) in [5, 5.41) is 15.1. The van der Waals surface area contributed by atoms with Crippen molar-refractivity contribution in [1.29, 1.82) is 0 Å². The van der Waals surface area contributed by atoms with Crippen molar-refractivity contribution in [2.75, 3.05) is 38.2 Å². The zero-order valence-corrected chi connectivity index (χ0v) is 13.3. The predicted octanol–water partition coefficient (Wildman–Crippen LogP) is -0.00730. The normalized spacial score (nSPS) is 18.6. The van der Waals surface area contributed by atoms with Gasteiger partial charge in [0.25, 0.3) is 0 Å². The number of hydrogen-bond acceptors (Lipinski definition) is 5. The average molecular weight is 303 g/mol. The smallest absolute Gasteiger partial charge is 0.326 e. The maximum absolute atomic E-state index is 12.4. The van der Waals surface area contributed by atoms with E-state index < -0.39 is 17.6 Å². The highest BCUT2D eigenvalue weighted by Gasteiger charge is 2.36. The SMILES string of the molecule is CSCC[C@@H](NC(=O)C(C)(C)N1CCNCC1)C(=O)O. The first kappa shape index (κ1) is 17.3. The lowest BCUT2D eigenvalue weighted by Crippen LogP contribution is -2.61. The lowest BCUT2D eigenvalue weighted by atomic mass is 9.99. The van der Waals surface area contributed by atoms with E-state index in [9.17, 15) is 14.7 Å². The van der Waals surface area contributed by atoms with E-state index in [2.05, 4.69) is 15.5 Å². The molecule has 1 saturated heterocycles. The Hall–Kier alpha value is -0.790. The number of carbonyl (C=O) groups is 2. The maximum Gasteiger partial charge on any atom is 0.326 e. The van der Waals surface area contributed by atoms with Gasteiger partial charge in [-0.3, -0.25) is 9.69 Å². The van der Waals surface area contributed by atoms with Crippen molar-refractivity contribution in [2.24, 2.45) is 0 Å². The number of carboxylic acids is 1. The van der Waals surface area contributed by atoms with E-state index in [0.29, 0.717) is 12.2 Å². The number of thioether (sulfide) groups is 1. The molecule has 0 aliphatic carbocycles. The summed E-state index contributed by atoms with van der Waals surface area (Å²) in [6.07, 6.45) is 2.37. The van der Waals surface area contributed by atoms with E-state index in [1.807, 2.05) is 20.1 Å². The van der Waals surface area contributed by atoms with Gasteiger partial charge in [0.1, 0.15) is 6.04 Å². The van der Waals surface area contributed by atoms with Crippen LogP contribution in [0.15, 0.2) is 0 Å². The molecule has 1 fully saturated rings. The zero-order chi connectivity index (χ0) is 15.2. The molecular weight excluding hydrogens is 278 g/mol. The number of carbonyl (C=O) groups excluding carboxylic acids is 1. The van der Waals surface area contributed by atoms with Gasteiger partial charge in [-0.05, 0) is 32.3 Å². The maximum atomic E-state index is 12.4. The lowest BCUT2D eigenvalue weighted by molar-refractivity contribution is -0.144. The molecule has 1 atom stereocenters. The Morgan fingerprint density at radius 1 is 1.40 bits per heavy atom. The van der Waals surface area contributed by atoms with Gasteiger partial charge < -0.3 is 15.7 Å². The zero-order valence-electron chi connectivity index (χ0n) is 12.4. The van der Waals surface area contributed by atoms with Crippen molar-refractivity contribution >= 4 is 23.6 Å². The third-order valence-electron chi connectivity index (χ3n) is 3.68. The van der Waals surface area contributed by atoms with Crippen LogP contribution in [0.2, 0.25) is 0 Å². The van der Waals surface area contributed by atoms with Gasteiger partial charge in [0.15, 0.2) is 0 Å². The van der Waals surface area contributed by atoms with Crippen LogP contribution in [0, 0.1) is 0 Å². The Morgan fingerprint density at radius 2 is 2.00 bits per heavy atom. The highest BCUT2D eigenvalue weighted by molar-refractivity contribution is 7.98. The van der Waals surface area contributed by atoms with E-state index in [1.54, 1.807) is 11.8 Å². The summed E-state index contributed by atoms with van der Waals surface area (Å²) in [5.74, 6) is -0.470. The molecule has 0 aromatic carbocycles. The quantitative estimate of drug-likeness (QED) is 0.614. The summed E-state index contributed by atoms with van der Waals surface area (Å²) in [4.78, 5) is 25.7. The van der Waals surface area contributed by atoms with Crippen molar-refractivity contribution in [3.8, 4) is 0 Å². The number of piperazine rings is 1. The van der Waals surface area contributed by atoms with E-state index in [0.717, 1.165) is 26.2 Å². The van der Waals surface area contributed by atoms with Crippen LogP contribution in [0.25, 0.3) is 0 Å². The number of carboxylic acid groups (broad SMARTS) is 1. The first-order valence-electron chi connectivity index (χ1n) is 6.88. The van der Waals surface area contributed by atoms with Crippen molar-refractivity contribution in [3.05, 3.63) is 0 Å². The van der Waals surface area contributed by atoms with Crippen LogP contribution in [0.5, 0.6) is 0 Å². The third kappa shape index (κ3) is 4.64. The second-order valence-electron chi connectivity index (χ2n) is 5.44. The fourth-order valence-electron chi connectivity index (χ4n) is 2.20. The van der Waals surface area contributed by atoms with E-state index >= 15 is 0 Å². The average Bonchev–Trinajstić information content (AvgIpc) is 2.43. The van der Waals surface area contributed by atoms with Crippen LogP contribution in [-0.2, 0) is 9.59 Å². The highest BCUT2D eigenvalue weighted by atomic mass is 32.2. The monoisotopic (exact) mass is 303 g/mol. The Bertz CT molecular complexity index is 344. The van der Waals surface area contributed by atoms with Gasteiger partial charge >= 0.3 is 5.97 Å². The predicted molar refractivity (Wildman–Crippen MR) is 81.1 cm³/mol. The molecule has 0 spiro atoms. The van der Waals surface area contributed by atoms with Gasteiger partial charge in [-0.2, -0.15) is 11.8 Å². The number of rotatable bonds is 7. The minimum absolute atomic E-state index is 0.215. The van der Waals surface area contributed by atoms with Crippen LogP contribution in [0.1, 0.15) is 20.3 Å². The summed E-state index contributed by atoms with van der Waals surface area (Å²) in [5.41, 5.74) is -0.685. The van der Waals surface area contributed by atoms with Gasteiger partial charge in [-0.15, -0.1) is 0 Å². The fourth-order valence-corrected chi connectivity index (χ4v) is 2.67. The summed E-state index contributed by atoms with van der Waals surface area (Å²) in [6, 6.07) is -0.808. The van der Waals surface area contributed by atoms with Crippen LogP contribution < -0.4 is 10.6 Å². The third-order valence-corrected chi connectivity index (χ3v) is 4.32. The summed E-state index contributed by atoms with van der Waals surface area (Å²) >= 11 is 1.58. The van der Waals surface area contributed by atoms with Crippen molar-refractivity contribution in [1.82, 2.24) is 15.5 Å². The van der Waals surface area contributed by atoms with Crippen molar-refractivity contribution in [3.63, 3.8) is 0 Å². The van der Waals surface area contributed by atoms with Crippen molar-refractivity contribution in [2.45, 2.75) is 31.8 Å². The standard InChI is InChI=1S/C13H25N3O3S/c1-13(2,16-7-5-14-6-8-16)12(19)15-10(11(17)18)4-9-20-3/h10,14H,4-9H2,1-3H3,(H,15,19)(H,17,18)/t10-/m1/s1. The minimum Gasteiger partial charge on any atom is -0.480 e. The van der Waals surface area contributed by atoms with Gasteiger partial charge in [0.05, 0.1) is 5.54 Å². The number of aliphatic carboxylic acids is 1. The Morgan fingerprint density at radius 3 is 2.50 bits per heavy atom. The first-order chi connectivity index (χ1) is 9.39. The molecule has 0 aromatic rings. The van der Waals surface area contributed by atoms with E-state index in [4.69, 9.17) is 0 Å². The Kier molecular flexibility index (Phi) is 6.78. The molecule has 0 unspecified atom stereocenters. The molecule has 0 aromatic heterocycles. The van der Waals surface area contributed by atoms with Gasteiger partial charge in [0, 0.05) is 26.2 Å². The molecule has 20 heavy (non-hydrogen) atoms. The Balaban J connectivity index is 2.63. The fraction of sp³-hybridized carbons (Fsp3) is 0.846. The molecular formula is C13H25N3O3S. The second kappa shape index (κ2) is 7.85. The van der Waals surface area contributed by atoms with Gasteiger partial charge in [0.2, 0.25) is 5.91 Å². The molecule has 0 radical (unpaired) electrons. The molecule has 0 saturated carbocycles. The molecule has 1 rings (SSSR count). The summed E-state index contributed by atoms with van der Waals surface area (Å²) < 4.78 is 0. The molecule has 6 nitrogen and oxygen atoms in total. The lowest BCUT2D eigenvalue weighted by Gasteiger charge is -2.40. The van der Waals surface area contributed by atoms with Gasteiger partial charge in [-0.25, -0.2) is 4.79 Å². The van der Waals surface area contributed by atoms with Crippen LogP contribution >= 0.6 is 11.8 Å². The number of hydrogen-bond donors (Lipinski definition) is 3. The largest absolute Gasteiger partial charge is 0.480 e. The summed E-state index contributed by atoms with van der Waals surface area (Å²) in [6.45, 7) is 6.99. The Labute approximate surface area is 124 Å². The van der Waals surface area contributed by atoms with E-state index in [1.165, 1.54) is 0 Å². The molecule has 0 bridgehead atoms. The number of nitrogens with zero attached hydrogens (tertiary/aromatic N) is 1. The van der Waals surface area contributed by atoms with Gasteiger partial charge in [-0.1, -0.05) is 0 Å². The number of amides is 1. The molecule has 1 heterocycles. The molecule has 116 valence electrons. The number of nitrogens with one attached hydrogen (secondary N) is 2. The molecule has 1 aliphatic heterocycles. The molecule has 1 aliphatic rings. The second-order valence-corrected chi connectivity index (χ2v) is 6.43. The molecule has 7 heteroatoms. The highest BCUT2D eigenvalue weighted by Crippen LogP contribution is 2.16. The van der Waals surface area contributed by atoms with Crippen LogP contribution in [0.3, 0.4) is 0 Å². The summed E-state index contributed by atoms with van der Waals surface area (Å²) in [7, 11) is 0. The van der Waals surface area contributed by atoms with Crippen LogP contribution in [0.4, 0.5) is 0 Å². The minimum atomic E-state index is -0.969. The molecule has 1 amide bonds. The topological polar surface area (TPSA) is 81.7 Å². The first-order valence-corrected chi connectivity index (χ1v) is 8.27.